The molecule has 0 unspecified atom stereocenters. The lowest BCUT2D eigenvalue weighted by atomic mass is 10.0. The Morgan fingerprint density at radius 1 is 0.952 bits per heavy atom. The number of rotatable bonds is 2. The summed E-state index contributed by atoms with van der Waals surface area (Å²) in [6, 6.07) is 10.8. The molecule has 4 nitrogen and oxygen atoms in total. The molecule has 0 bridgehead atoms. The number of amides is 2. The number of nitrogens with zero attached hydrogens (tertiary/aromatic N) is 1. The van der Waals surface area contributed by atoms with Gasteiger partial charge in [0, 0.05) is 5.69 Å². The third kappa shape index (κ3) is 2.09. The van der Waals surface area contributed by atoms with Gasteiger partial charge in [0.15, 0.2) is 0 Å². The Balaban J connectivity index is 1.99. The lowest BCUT2D eigenvalue weighted by Crippen LogP contribution is -2.29. The van der Waals surface area contributed by atoms with Crippen molar-refractivity contribution in [2.75, 3.05) is 5.73 Å². The maximum absolute atomic E-state index is 12.4. The lowest BCUT2D eigenvalue weighted by Gasteiger charge is -2.17. The molecule has 2 aromatic carbocycles. The maximum Gasteiger partial charge on any atom is 0.261 e. The second kappa shape index (κ2) is 4.74. The van der Waals surface area contributed by atoms with E-state index >= 15 is 0 Å². The molecule has 2 aromatic rings. The van der Waals surface area contributed by atoms with E-state index in [1.54, 1.807) is 18.2 Å². The van der Waals surface area contributed by atoms with Gasteiger partial charge in [-0.25, -0.2) is 0 Å². The quantitative estimate of drug-likeness (QED) is 0.679. The van der Waals surface area contributed by atoms with Crippen molar-refractivity contribution < 1.29 is 9.59 Å². The number of hydrogen-bond donors (Lipinski definition) is 1. The Labute approximate surface area is 123 Å². The van der Waals surface area contributed by atoms with Crippen molar-refractivity contribution in [2.24, 2.45) is 0 Å². The van der Waals surface area contributed by atoms with E-state index in [1.807, 2.05) is 32.0 Å². The highest BCUT2D eigenvalue weighted by Crippen LogP contribution is 2.27. The maximum atomic E-state index is 12.4. The Morgan fingerprint density at radius 3 is 2.24 bits per heavy atom. The van der Waals surface area contributed by atoms with Crippen molar-refractivity contribution in [1.29, 1.82) is 0 Å². The zero-order valence-corrected chi connectivity index (χ0v) is 12.0. The van der Waals surface area contributed by atoms with Crippen molar-refractivity contribution >= 4 is 17.5 Å². The van der Waals surface area contributed by atoms with E-state index in [0.29, 0.717) is 23.4 Å². The van der Waals surface area contributed by atoms with E-state index in [-0.39, 0.29) is 11.8 Å². The van der Waals surface area contributed by atoms with E-state index in [0.717, 1.165) is 16.7 Å². The van der Waals surface area contributed by atoms with Gasteiger partial charge in [-0.1, -0.05) is 18.2 Å². The zero-order valence-electron chi connectivity index (χ0n) is 12.0. The van der Waals surface area contributed by atoms with Gasteiger partial charge >= 0.3 is 0 Å². The molecule has 0 radical (unpaired) electrons. The molecule has 1 aliphatic heterocycles. The Kier molecular flexibility index (Phi) is 3.01. The van der Waals surface area contributed by atoms with Crippen LogP contribution in [0.3, 0.4) is 0 Å². The second-order valence-electron chi connectivity index (χ2n) is 5.37. The molecule has 0 saturated heterocycles. The van der Waals surface area contributed by atoms with Crippen molar-refractivity contribution in [3.05, 3.63) is 64.2 Å². The van der Waals surface area contributed by atoms with Crippen LogP contribution in [0.15, 0.2) is 36.4 Å². The van der Waals surface area contributed by atoms with Crippen LogP contribution in [0.1, 0.15) is 37.4 Å². The fraction of sp³-hybridized carbons (Fsp3) is 0.176. The summed E-state index contributed by atoms with van der Waals surface area (Å²) in [5.41, 5.74) is 10.2. The average molecular weight is 280 g/mol. The third-order valence-electron chi connectivity index (χ3n) is 3.96. The van der Waals surface area contributed by atoms with Gasteiger partial charge in [-0.15, -0.1) is 0 Å². The van der Waals surface area contributed by atoms with Crippen molar-refractivity contribution in [1.82, 2.24) is 4.90 Å². The van der Waals surface area contributed by atoms with Gasteiger partial charge in [0.1, 0.15) is 0 Å². The van der Waals surface area contributed by atoms with E-state index in [9.17, 15) is 9.59 Å². The standard InChI is InChI=1S/C17H16N2O2/c1-10-4-3-5-11(2)15(10)9-19-16(20)13-7-6-12(18)8-14(13)17(19)21/h3-8H,9,18H2,1-2H3. The number of benzene rings is 2. The molecule has 4 heteroatoms. The number of anilines is 1. The zero-order chi connectivity index (χ0) is 15.1. The van der Waals surface area contributed by atoms with Crippen LogP contribution in [0.4, 0.5) is 5.69 Å². The van der Waals surface area contributed by atoms with Crippen LogP contribution in [-0.2, 0) is 6.54 Å². The van der Waals surface area contributed by atoms with E-state index in [2.05, 4.69) is 0 Å². The summed E-state index contributed by atoms with van der Waals surface area (Å²) in [6.45, 7) is 4.27. The van der Waals surface area contributed by atoms with Crippen LogP contribution < -0.4 is 5.73 Å². The summed E-state index contributed by atoms with van der Waals surface area (Å²) >= 11 is 0. The topological polar surface area (TPSA) is 63.4 Å². The summed E-state index contributed by atoms with van der Waals surface area (Å²) in [5, 5.41) is 0. The first-order valence-corrected chi connectivity index (χ1v) is 6.80. The van der Waals surface area contributed by atoms with Gasteiger partial charge in [0.25, 0.3) is 11.8 Å². The molecular formula is C17H16N2O2. The van der Waals surface area contributed by atoms with Crippen LogP contribution in [0, 0.1) is 13.8 Å². The molecule has 1 heterocycles. The fourth-order valence-corrected chi connectivity index (χ4v) is 2.71. The molecule has 1 aliphatic rings. The van der Waals surface area contributed by atoms with E-state index in [1.165, 1.54) is 4.90 Å². The lowest BCUT2D eigenvalue weighted by molar-refractivity contribution is 0.0642. The van der Waals surface area contributed by atoms with Crippen LogP contribution in [-0.4, -0.2) is 16.7 Å². The number of carbonyl (C=O) groups is 2. The number of nitrogens with two attached hydrogens (primary N) is 1. The molecule has 0 saturated carbocycles. The number of fused-ring (bicyclic) bond motifs is 1. The van der Waals surface area contributed by atoms with Crippen LogP contribution in [0.25, 0.3) is 0 Å². The molecule has 0 spiro atoms. The van der Waals surface area contributed by atoms with E-state index in [4.69, 9.17) is 5.73 Å². The minimum Gasteiger partial charge on any atom is -0.399 e. The van der Waals surface area contributed by atoms with Gasteiger partial charge in [-0.2, -0.15) is 0 Å². The first kappa shape index (κ1) is 13.4. The number of carbonyl (C=O) groups excluding carboxylic acids is 2. The number of nitrogen functional groups attached to an aromatic ring is 1. The largest absolute Gasteiger partial charge is 0.399 e. The van der Waals surface area contributed by atoms with Crippen molar-refractivity contribution in [3.63, 3.8) is 0 Å². The SMILES string of the molecule is Cc1cccc(C)c1CN1C(=O)c2ccc(N)cc2C1=O. The summed E-state index contributed by atoms with van der Waals surface area (Å²) < 4.78 is 0. The highest BCUT2D eigenvalue weighted by Gasteiger charge is 2.35. The molecule has 21 heavy (non-hydrogen) atoms. The summed E-state index contributed by atoms with van der Waals surface area (Å²) in [6.07, 6.45) is 0. The first-order chi connectivity index (χ1) is 9.99. The third-order valence-corrected chi connectivity index (χ3v) is 3.96. The molecule has 0 aliphatic carbocycles. The molecule has 0 atom stereocenters. The van der Waals surface area contributed by atoms with Gasteiger partial charge in [-0.3, -0.25) is 14.5 Å². The molecule has 3 rings (SSSR count). The highest BCUT2D eigenvalue weighted by atomic mass is 16.2. The predicted molar refractivity (Wildman–Crippen MR) is 81.0 cm³/mol. The van der Waals surface area contributed by atoms with Crippen LogP contribution >= 0.6 is 0 Å². The monoisotopic (exact) mass is 280 g/mol. The average Bonchev–Trinajstić information content (AvgIpc) is 2.67. The Hall–Kier alpha value is -2.62. The molecular weight excluding hydrogens is 264 g/mol. The van der Waals surface area contributed by atoms with Crippen LogP contribution in [0.5, 0.6) is 0 Å². The van der Waals surface area contributed by atoms with Gasteiger partial charge in [0.05, 0.1) is 17.7 Å². The second-order valence-corrected chi connectivity index (χ2v) is 5.37. The Bertz CT molecular complexity index is 745. The smallest absolute Gasteiger partial charge is 0.261 e. The van der Waals surface area contributed by atoms with Crippen molar-refractivity contribution in [3.8, 4) is 0 Å². The molecule has 2 N–H and O–H groups in total. The van der Waals surface area contributed by atoms with Crippen LogP contribution in [0.2, 0.25) is 0 Å². The summed E-state index contributed by atoms with van der Waals surface area (Å²) in [7, 11) is 0. The fourth-order valence-electron chi connectivity index (χ4n) is 2.71. The van der Waals surface area contributed by atoms with E-state index < -0.39 is 0 Å². The number of imide groups is 1. The minimum atomic E-state index is -0.273. The molecule has 0 aromatic heterocycles. The number of aryl methyl sites for hydroxylation is 2. The number of hydrogen-bond acceptors (Lipinski definition) is 3. The highest BCUT2D eigenvalue weighted by molar-refractivity contribution is 6.21. The summed E-state index contributed by atoms with van der Waals surface area (Å²) in [4.78, 5) is 26.1. The Morgan fingerprint density at radius 2 is 1.57 bits per heavy atom. The predicted octanol–water partition coefficient (Wildman–Crippen LogP) is 2.68. The molecule has 106 valence electrons. The first-order valence-electron chi connectivity index (χ1n) is 6.80. The van der Waals surface area contributed by atoms with Gasteiger partial charge in [-0.05, 0) is 48.7 Å². The normalized spacial score (nSPS) is 13.7. The molecule has 2 amide bonds. The van der Waals surface area contributed by atoms with Crippen molar-refractivity contribution in [2.45, 2.75) is 20.4 Å². The molecule has 0 fully saturated rings. The summed E-state index contributed by atoms with van der Waals surface area (Å²) in [5.74, 6) is -0.525. The minimum absolute atomic E-state index is 0.252. The van der Waals surface area contributed by atoms with Gasteiger partial charge < -0.3 is 5.73 Å². The van der Waals surface area contributed by atoms with Gasteiger partial charge in [0.2, 0.25) is 0 Å².